The lowest BCUT2D eigenvalue weighted by molar-refractivity contribution is 0.499. The fraction of sp³-hybridized carbons (Fsp3) is 0.389. The molecule has 0 spiro atoms. The number of aliphatic hydroxyl groups is 1. The molecule has 0 unspecified atom stereocenters. The molecule has 0 fully saturated rings. The Kier molecular flexibility index (Phi) is 4.21. The lowest BCUT2D eigenvalue weighted by atomic mass is 9.87. The molecule has 3 nitrogen and oxygen atoms in total. The standard InChI is InChI=1S/C18H24N2O/c1-6-20-16(11-13(2)19-20)17(21)12-14-7-9-15(10-8-14)18(3,4)5/h7-12,21H,6H2,1-5H3/b17-12-. The second-order valence-corrected chi connectivity index (χ2v) is 6.39. The van der Waals surface area contributed by atoms with Crippen LogP contribution in [0.5, 0.6) is 0 Å². The molecule has 0 atom stereocenters. The molecule has 2 rings (SSSR count). The molecule has 0 radical (unpaired) electrons. The first kappa shape index (κ1) is 15.4. The molecule has 0 saturated carbocycles. The molecule has 1 heterocycles. The first-order chi connectivity index (χ1) is 9.81. The summed E-state index contributed by atoms with van der Waals surface area (Å²) in [7, 11) is 0. The lowest BCUT2D eigenvalue weighted by Gasteiger charge is -2.18. The van der Waals surface area contributed by atoms with Gasteiger partial charge in [-0.2, -0.15) is 5.10 Å². The average molecular weight is 284 g/mol. The zero-order valence-electron chi connectivity index (χ0n) is 13.5. The number of aryl methyl sites for hydroxylation is 2. The Bertz CT molecular complexity index is 643. The summed E-state index contributed by atoms with van der Waals surface area (Å²) in [5, 5.41) is 14.7. The predicted molar refractivity (Wildman–Crippen MR) is 88.3 cm³/mol. The normalized spacial score (nSPS) is 12.7. The van der Waals surface area contributed by atoms with Crippen LogP contribution in [0.2, 0.25) is 0 Å². The van der Waals surface area contributed by atoms with Gasteiger partial charge in [-0.05, 0) is 42.5 Å². The Balaban J connectivity index is 2.30. The summed E-state index contributed by atoms with van der Waals surface area (Å²) >= 11 is 0. The van der Waals surface area contributed by atoms with Crippen molar-refractivity contribution in [2.75, 3.05) is 0 Å². The van der Waals surface area contributed by atoms with Crippen LogP contribution in [-0.4, -0.2) is 14.9 Å². The minimum Gasteiger partial charge on any atom is -0.506 e. The van der Waals surface area contributed by atoms with Crippen molar-refractivity contribution in [3.05, 3.63) is 52.8 Å². The monoisotopic (exact) mass is 284 g/mol. The Morgan fingerprint density at radius 1 is 1.24 bits per heavy atom. The topological polar surface area (TPSA) is 38.0 Å². The lowest BCUT2D eigenvalue weighted by Crippen LogP contribution is -2.10. The highest BCUT2D eigenvalue weighted by atomic mass is 16.3. The summed E-state index contributed by atoms with van der Waals surface area (Å²) < 4.78 is 1.81. The van der Waals surface area contributed by atoms with Gasteiger partial charge in [-0.15, -0.1) is 0 Å². The van der Waals surface area contributed by atoms with E-state index in [1.165, 1.54) is 5.56 Å². The highest BCUT2D eigenvalue weighted by Crippen LogP contribution is 2.23. The van der Waals surface area contributed by atoms with Gasteiger partial charge in [0.2, 0.25) is 0 Å². The van der Waals surface area contributed by atoms with E-state index in [4.69, 9.17) is 0 Å². The number of rotatable bonds is 3. The third-order valence-corrected chi connectivity index (χ3v) is 3.54. The van der Waals surface area contributed by atoms with E-state index in [1.54, 1.807) is 6.08 Å². The van der Waals surface area contributed by atoms with E-state index in [0.29, 0.717) is 0 Å². The van der Waals surface area contributed by atoms with Crippen molar-refractivity contribution in [2.24, 2.45) is 0 Å². The van der Waals surface area contributed by atoms with E-state index in [-0.39, 0.29) is 11.2 Å². The van der Waals surface area contributed by atoms with Gasteiger partial charge in [0.15, 0.2) is 0 Å². The Morgan fingerprint density at radius 2 is 1.86 bits per heavy atom. The van der Waals surface area contributed by atoms with Crippen LogP contribution < -0.4 is 0 Å². The van der Waals surface area contributed by atoms with E-state index < -0.39 is 0 Å². The van der Waals surface area contributed by atoms with Crippen molar-refractivity contribution in [2.45, 2.75) is 46.6 Å². The van der Waals surface area contributed by atoms with Crippen molar-refractivity contribution < 1.29 is 5.11 Å². The van der Waals surface area contributed by atoms with Crippen molar-refractivity contribution in [3.8, 4) is 0 Å². The summed E-state index contributed by atoms with van der Waals surface area (Å²) in [6.45, 7) is 11.3. The molecule has 2 aromatic rings. The van der Waals surface area contributed by atoms with E-state index in [0.717, 1.165) is 23.5 Å². The number of aliphatic hydroxyl groups excluding tert-OH is 1. The molecule has 21 heavy (non-hydrogen) atoms. The van der Waals surface area contributed by atoms with Gasteiger partial charge in [0, 0.05) is 6.54 Å². The van der Waals surface area contributed by atoms with Crippen molar-refractivity contribution in [3.63, 3.8) is 0 Å². The molecular formula is C18H24N2O. The zero-order chi connectivity index (χ0) is 15.6. The first-order valence-electron chi connectivity index (χ1n) is 7.37. The van der Waals surface area contributed by atoms with Crippen LogP contribution in [0.15, 0.2) is 30.3 Å². The van der Waals surface area contributed by atoms with Crippen LogP contribution in [0, 0.1) is 6.92 Å². The molecule has 1 aromatic heterocycles. The summed E-state index contributed by atoms with van der Waals surface area (Å²) in [6, 6.07) is 10.2. The summed E-state index contributed by atoms with van der Waals surface area (Å²) in [4.78, 5) is 0. The Labute approximate surface area is 126 Å². The largest absolute Gasteiger partial charge is 0.506 e. The number of nitrogens with zero attached hydrogens (tertiary/aromatic N) is 2. The fourth-order valence-corrected chi connectivity index (χ4v) is 2.30. The van der Waals surface area contributed by atoms with Gasteiger partial charge in [-0.25, -0.2) is 0 Å². The SMILES string of the molecule is CCn1nc(C)cc1/C(O)=C/c1ccc(C(C)(C)C)cc1. The molecule has 112 valence electrons. The van der Waals surface area contributed by atoms with E-state index >= 15 is 0 Å². The van der Waals surface area contributed by atoms with Crippen LogP contribution in [0.25, 0.3) is 11.8 Å². The second kappa shape index (κ2) is 5.76. The molecule has 0 aliphatic carbocycles. The quantitative estimate of drug-likeness (QED) is 0.839. The van der Waals surface area contributed by atoms with Gasteiger partial charge >= 0.3 is 0 Å². The minimum absolute atomic E-state index is 0.141. The number of benzene rings is 1. The van der Waals surface area contributed by atoms with Crippen LogP contribution in [0.4, 0.5) is 0 Å². The Morgan fingerprint density at radius 3 is 2.38 bits per heavy atom. The minimum atomic E-state index is 0.141. The second-order valence-electron chi connectivity index (χ2n) is 6.39. The van der Waals surface area contributed by atoms with E-state index in [9.17, 15) is 5.11 Å². The smallest absolute Gasteiger partial charge is 0.141 e. The zero-order valence-corrected chi connectivity index (χ0v) is 13.5. The number of aromatic nitrogens is 2. The molecule has 1 N–H and O–H groups in total. The van der Waals surface area contributed by atoms with Crippen molar-refractivity contribution in [1.29, 1.82) is 0 Å². The molecule has 0 saturated heterocycles. The van der Waals surface area contributed by atoms with Crippen LogP contribution in [-0.2, 0) is 12.0 Å². The van der Waals surface area contributed by atoms with Gasteiger partial charge in [0.25, 0.3) is 0 Å². The highest BCUT2D eigenvalue weighted by molar-refractivity contribution is 5.75. The molecule has 0 aliphatic heterocycles. The third-order valence-electron chi connectivity index (χ3n) is 3.54. The molecule has 3 heteroatoms. The summed E-state index contributed by atoms with van der Waals surface area (Å²) in [6.07, 6.45) is 1.79. The van der Waals surface area contributed by atoms with Crippen molar-refractivity contribution in [1.82, 2.24) is 9.78 Å². The van der Waals surface area contributed by atoms with Crippen LogP contribution >= 0.6 is 0 Å². The molecule has 0 amide bonds. The van der Waals surface area contributed by atoms with E-state index in [1.807, 2.05) is 36.7 Å². The van der Waals surface area contributed by atoms with Crippen molar-refractivity contribution >= 4 is 11.8 Å². The molecule has 1 aromatic carbocycles. The predicted octanol–water partition coefficient (Wildman–Crippen LogP) is 4.57. The summed E-state index contributed by atoms with van der Waals surface area (Å²) in [5.74, 6) is 0.251. The van der Waals surface area contributed by atoms with Crippen LogP contribution in [0.1, 0.15) is 50.2 Å². The Hall–Kier alpha value is -2.03. The summed E-state index contributed by atoms with van der Waals surface area (Å²) in [5.41, 5.74) is 4.09. The fourth-order valence-electron chi connectivity index (χ4n) is 2.30. The number of hydrogen-bond acceptors (Lipinski definition) is 2. The van der Waals surface area contributed by atoms with Gasteiger partial charge in [0.1, 0.15) is 11.5 Å². The molecule has 0 bridgehead atoms. The molecule has 0 aliphatic rings. The maximum absolute atomic E-state index is 10.3. The maximum Gasteiger partial charge on any atom is 0.141 e. The highest BCUT2D eigenvalue weighted by Gasteiger charge is 2.13. The van der Waals surface area contributed by atoms with Gasteiger partial charge in [-0.1, -0.05) is 45.0 Å². The first-order valence-corrected chi connectivity index (χ1v) is 7.37. The average Bonchev–Trinajstić information content (AvgIpc) is 2.79. The van der Waals surface area contributed by atoms with Gasteiger partial charge < -0.3 is 5.11 Å². The molecular weight excluding hydrogens is 260 g/mol. The van der Waals surface area contributed by atoms with Gasteiger partial charge in [-0.3, -0.25) is 4.68 Å². The third kappa shape index (κ3) is 3.54. The maximum atomic E-state index is 10.3. The number of hydrogen-bond donors (Lipinski definition) is 1. The van der Waals surface area contributed by atoms with E-state index in [2.05, 4.69) is 38.0 Å². The van der Waals surface area contributed by atoms with Gasteiger partial charge in [0.05, 0.1) is 5.69 Å². The van der Waals surface area contributed by atoms with Crippen LogP contribution in [0.3, 0.4) is 0 Å².